The molecule has 2 rings (SSSR count). The minimum absolute atomic E-state index is 0.0715. The summed E-state index contributed by atoms with van der Waals surface area (Å²) in [5.41, 5.74) is 0.831. The van der Waals surface area contributed by atoms with E-state index in [9.17, 15) is 0 Å². The van der Waals surface area contributed by atoms with E-state index in [1.54, 1.807) is 6.20 Å². The Balaban J connectivity index is 2.43. The van der Waals surface area contributed by atoms with Crippen LogP contribution in [0.4, 0.5) is 11.8 Å². The highest BCUT2D eigenvalue weighted by atomic mass is 15.2. The third-order valence-corrected chi connectivity index (χ3v) is 4.06. The second-order valence-electron chi connectivity index (χ2n) is 5.02. The summed E-state index contributed by atoms with van der Waals surface area (Å²) >= 11 is 0. The van der Waals surface area contributed by atoms with Gasteiger partial charge in [-0.15, -0.1) is 0 Å². The molecule has 0 saturated carbocycles. The molecular formula is C14H24N6. The van der Waals surface area contributed by atoms with Crippen molar-refractivity contribution >= 4 is 22.8 Å². The lowest BCUT2D eigenvalue weighted by Crippen LogP contribution is -2.36. The molecule has 110 valence electrons. The summed E-state index contributed by atoms with van der Waals surface area (Å²) < 4.78 is 0. The second kappa shape index (κ2) is 6.07. The van der Waals surface area contributed by atoms with Crippen molar-refractivity contribution in [3.8, 4) is 0 Å². The van der Waals surface area contributed by atoms with Crippen LogP contribution in [0.15, 0.2) is 6.20 Å². The maximum absolute atomic E-state index is 4.60. The standard InChI is InChI=1S/C14H24N6/c1-5-14(6-2,7-3)19-11-10-9-16-20-12(10)18-13(17-11)15-8-4/h9H,5-8H2,1-4H3,(H3,15,16,17,18,19,20). The fourth-order valence-electron chi connectivity index (χ4n) is 2.43. The highest BCUT2D eigenvalue weighted by molar-refractivity contribution is 5.87. The Hall–Kier alpha value is -1.85. The number of rotatable bonds is 7. The molecule has 6 nitrogen and oxygen atoms in total. The first-order chi connectivity index (χ1) is 9.68. The van der Waals surface area contributed by atoms with E-state index >= 15 is 0 Å². The number of hydrogen-bond acceptors (Lipinski definition) is 5. The molecule has 0 aromatic carbocycles. The molecule has 0 saturated heterocycles. The Labute approximate surface area is 119 Å². The molecule has 20 heavy (non-hydrogen) atoms. The zero-order valence-corrected chi connectivity index (χ0v) is 12.7. The second-order valence-corrected chi connectivity index (χ2v) is 5.02. The number of fused-ring (bicyclic) bond motifs is 1. The zero-order valence-electron chi connectivity index (χ0n) is 12.7. The van der Waals surface area contributed by atoms with Crippen molar-refractivity contribution in [2.45, 2.75) is 52.5 Å². The van der Waals surface area contributed by atoms with Gasteiger partial charge in [-0.05, 0) is 26.2 Å². The van der Waals surface area contributed by atoms with Crippen molar-refractivity contribution < 1.29 is 0 Å². The van der Waals surface area contributed by atoms with E-state index in [1.165, 1.54) is 0 Å². The summed E-state index contributed by atoms with van der Waals surface area (Å²) in [6.45, 7) is 9.44. The van der Waals surface area contributed by atoms with E-state index in [-0.39, 0.29) is 5.54 Å². The Kier molecular flexibility index (Phi) is 4.42. The van der Waals surface area contributed by atoms with Crippen LogP contribution in [0.5, 0.6) is 0 Å². The van der Waals surface area contributed by atoms with Crippen molar-refractivity contribution in [1.82, 2.24) is 20.2 Å². The van der Waals surface area contributed by atoms with Gasteiger partial charge >= 0.3 is 0 Å². The van der Waals surface area contributed by atoms with Crippen LogP contribution in [0.1, 0.15) is 47.0 Å². The van der Waals surface area contributed by atoms with E-state index in [1.807, 2.05) is 6.92 Å². The van der Waals surface area contributed by atoms with Gasteiger partial charge in [0.2, 0.25) is 5.95 Å². The van der Waals surface area contributed by atoms with Gasteiger partial charge in [0.05, 0.1) is 11.6 Å². The molecule has 0 radical (unpaired) electrons. The number of aromatic amines is 1. The Bertz CT molecular complexity index is 550. The minimum Gasteiger partial charge on any atom is -0.364 e. The van der Waals surface area contributed by atoms with E-state index in [4.69, 9.17) is 0 Å². The molecule has 0 unspecified atom stereocenters. The van der Waals surface area contributed by atoms with Crippen LogP contribution in [-0.4, -0.2) is 32.2 Å². The fourth-order valence-corrected chi connectivity index (χ4v) is 2.43. The summed E-state index contributed by atoms with van der Waals surface area (Å²) in [6.07, 6.45) is 4.94. The first kappa shape index (κ1) is 14.6. The molecule has 0 bridgehead atoms. The van der Waals surface area contributed by atoms with Gasteiger partial charge in [-0.2, -0.15) is 15.1 Å². The molecule has 0 fully saturated rings. The molecule has 0 aliphatic heterocycles. The predicted molar refractivity (Wildman–Crippen MR) is 83.1 cm³/mol. The lowest BCUT2D eigenvalue weighted by atomic mass is 9.90. The summed E-state index contributed by atoms with van der Waals surface area (Å²) in [5.74, 6) is 1.48. The van der Waals surface area contributed by atoms with E-state index in [0.717, 1.165) is 42.7 Å². The molecule has 0 atom stereocenters. The number of nitrogens with zero attached hydrogens (tertiary/aromatic N) is 3. The molecule has 2 heterocycles. The van der Waals surface area contributed by atoms with Crippen LogP contribution in [0, 0.1) is 0 Å². The largest absolute Gasteiger partial charge is 0.364 e. The first-order valence-corrected chi connectivity index (χ1v) is 7.41. The number of nitrogens with one attached hydrogen (secondary N) is 3. The summed E-state index contributed by atoms with van der Waals surface area (Å²) in [7, 11) is 0. The van der Waals surface area contributed by atoms with Crippen molar-refractivity contribution in [2.75, 3.05) is 17.2 Å². The molecule has 0 aliphatic rings. The summed E-state index contributed by atoms with van der Waals surface area (Å²) in [6, 6.07) is 0. The SMILES string of the molecule is CCNc1nc(NC(CC)(CC)CC)c2cn[nH]c2n1. The van der Waals surface area contributed by atoms with E-state index < -0.39 is 0 Å². The normalized spacial score (nSPS) is 11.8. The fraction of sp³-hybridized carbons (Fsp3) is 0.643. The third-order valence-electron chi connectivity index (χ3n) is 4.06. The summed E-state index contributed by atoms with van der Waals surface area (Å²) in [4.78, 5) is 9.01. The molecule has 2 aromatic heterocycles. The molecule has 6 heteroatoms. The zero-order chi connectivity index (χ0) is 14.6. The van der Waals surface area contributed by atoms with E-state index in [0.29, 0.717) is 5.95 Å². The maximum atomic E-state index is 4.60. The lowest BCUT2D eigenvalue weighted by molar-refractivity contribution is 0.419. The highest BCUT2D eigenvalue weighted by Crippen LogP contribution is 2.28. The van der Waals surface area contributed by atoms with Gasteiger partial charge in [-0.3, -0.25) is 5.10 Å². The number of H-pyrrole nitrogens is 1. The van der Waals surface area contributed by atoms with Gasteiger partial charge in [0.25, 0.3) is 0 Å². The van der Waals surface area contributed by atoms with Crippen LogP contribution < -0.4 is 10.6 Å². The van der Waals surface area contributed by atoms with Gasteiger partial charge in [0.15, 0.2) is 5.65 Å². The quantitative estimate of drug-likeness (QED) is 0.724. The lowest BCUT2D eigenvalue weighted by Gasteiger charge is -2.32. The number of anilines is 2. The van der Waals surface area contributed by atoms with Crippen molar-refractivity contribution in [2.24, 2.45) is 0 Å². The van der Waals surface area contributed by atoms with Crippen LogP contribution in [0.3, 0.4) is 0 Å². The van der Waals surface area contributed by atoms with Crippen LogP contribution >= 0.6 is 0 Å². The average molecular weight is 276 g/mol. The molecule has 0 amide bonds. The van der Waals surface area contributed by atoms with Crippen LogP contribution in [-0.2, 0) is 0 Å². The van der Waals surface area contributed by atoms with Gasteiger partial charge in [-0.25, -0.2) is 0 Å². The molecule has 0 spiro atoms. The third kappa shape index (κ3) is 2.69. The van der Waals surface area contributed by atoms with Crippen LogP contribution in [0.25, 0.3) is 11.0 Å². The topological polar surface area (TPSA) is 78.5 Å². The Morgan fingerprint density at radius 1 is 1.10 bits per heavy atom. The highest BCUT2D eigenvalue weighted by Gasteiger charge is 2.25. The minimum atomic E-state index is 0.0715. The van der Waals surface area contributed by atoms with Gasteiger partial charge in [0, 0.05) is 12.1 Å². The van der Waals surface area contributed by atoms with Crippen molar-refractivity contribution in [3.63, 3.8) is 0 Å². The first-order valence-electron chi connectivity index (χ1n) is 7.41. The van der Waals surface area contributed by atoms with Gasteiger partial charge in [-0.1, -0.05) is 20.8 Å². The maximum Gasteiger partial charge on any atom is 0.226 e. The molecule has 2 aromatic rings. The Morgan fingerprint density at radius 3 is 2.40 bits per heavy atom. The van der Waals surface area contributed by atoms with Gasteiger partial charge < -0.3 is 10.6 Å². The number of hydrogen-bond donors (Lipinski definition) is 3. The predicted octanol–water partition coefficient (Wildman–Crippen LogP) is 3.17. The number of aromatic nitrogens is 4. The molecule has 0 aliphatic carbocycles. The molecular weight excluding hydrogens is 252 g/mol. The monoisotopic (exact) mass is 276 g/mol. The van der Waals surface area contributed by atoms with Crippen LogP contribution in [0.2, 0.25) is 0 Å². The van der Waals surface area contributed by atoms with Gasteiger partial charge in [0.1, 0.15) is 5.82 Å². The van der Waals surface area contributed by atoms with Crippen molar-refractivity contribution in [3.05, 3.63) is 6.20 Å². The average Bonchev–Trinajstić information content (AvgIpc) is 2.94. The molecule has 3 N–H and O–H groups in total. The smallest absolute Gasteiger partial charge is 0.226 e. The van der Waals surface area contributed by atoms with E-state index in [2.05, 4.69) is 51.6 Å². The summed E-state index contributed by atoms with van der Waals surface area (Å²) in [5, 5.41) is 14.7. The van der Waals surface area contributed by atoms with Crippen molar-refractivity contribution in [1.29, 1.82) is 0 Å². The Morgan fingerprint density at radius 2 is 1.80 bits per heavy atom.